The lowest BCUT2D eigenvalue weighted by Gasteiger charge is -2.36. The molecule has 0 atom stereocenters. The van der Waals surface area contributed by atoms with E-state index >= 15 is 0 Å². The van der Waals surface area contributed by atoms with Crippen LogP contribution in [0.2, 0.25) is 5.02 Å². The van der Waals surface area contributed by atoms with Crippen molar-refractivity contribution in [3.63, 3.8) is 0 Å². The van der Waals surface area contributed by atoms with Gasteiger partial charge in [0.05, 0.1) is 29.8 Å². The molecule has 2 heterocycles. The second-order valence-corrected chi connectivity index (χ2v) is 12.9. The Balaban J connectivity index is 1.37. The summed E-state index contributed by atoms with van der Waals surface area (Å²) in [7, 11) is -3.78. The number of rotatable bonds is 9. The van der Waals surface area contributed by atoms with E-state index in [2.05, 4.69) is 12.0 Å². The topological polar surface area (TPSA) is 154 Å². The smallest absolute Gasteiger partial charge is 0.316 e. The Morgan fingerprint density at radius 2 is 1.82 bits per heavy atom. The fraction of sp³-hybridized carbons (Fsp3) is 0.370. The Morgan fingerprint density at radius 3 is 2.48 bits per heavy atom. The number of sulfonamides is 1. The zero-order valence-corrected chi connectivity index (χ0v) is 23.6. The molecule has 2 fully saturated rings. The maximum atomic E-state index is 13.6. The van der Waals surface area contributed by atoms with Crippen LogP contribution >= 0.6 is 11.6 Å². The fourth-order valence-electron chi connectivity index (χ4n) is 4.72. The lowest BCUT2D eigenvalue weighted by molar-refractivity contribution is 0.100. The highest BCUT2D eigenvalue weighted by Gasteiger charge is 2.39. The molecular formula is C27H31ClN6O5S. The van der Waals surface area contributed by atoms with Crippen LogP contribution in [0.3, 0.4) is 0 Å². The number of nitrogens with zero attached hydrogens (tertiary/aromatic N) is 4. The molecule has 5 rings (SSSR count). The summed E-state index contributed by atoms with van der Waals surface area (Å²) in [6, 6.07) is 11.5. The van der Waals surface area contributed by atoms with Crippen molar-refractivity contribution in [3.05, 3.63) is 75.2 Å². The highest BCUT2D eigenvalue weighted by atomic mass is 35.5. The Hall–Kier alpha value is -3.61. The minimum Gasteiger partial charge on any atom is -0.486 e. The number of halogens is 1. The van der Waals surface area contributed by atoms with E-state index in [0.29, 0.717) is 36.1 Å². The number of piperazine rings is 1. The van der Waals surface area contributed by atoms with Gasteiger partial charge >= 0.3 is 5.56 Å². The van der Waals surface area contributed by atoms with Crippen LogP contribution < -0.4 is 26.7 Å². The van der Waals surface area contributed by atoms with Crippen molar-refractivity contribution in [3.8, 4) is 11.4 Å². The van der Waals surface area contributed by atoms with Gasteiger partial charge in [0, 0.05) is 42.3 Å². The first-order valence-electron chi connectivity index (χ1n) is 12.9. The number of benzene rings is 2. The second-order valence-electron chi connectivity index (χ2n) is 10.5. The van der Waals surface area contributed by atoms with Crippen LogP contribution in [0, 0.1) is 5.41 Å². The third-order valence-corrected chi connectivity index (χ3v) is 9.44. The Bertz CT molecular complexity index is 1610. The van der Waals surface area contributed by atoms with Gasteiger partial charge < -0.3 is 21.1 Å². The van der Waals surface area contributed by atoms with Crippen LogP contribution in [0.1, 0.15) is 35.7 Å². The zero-order valence-electron chi connectivity index (χ0n) is 22.0. The molecular weight excluding hydrogens is 556 g/mol. The monoisotopic (exact) mass is 586 g/mol. The van der Waals surface area contributed by atoms with Gasteiger partial charge in [0.2, 0.25) is 15.8 Å². The molecule has 0 spiro atoms. The van der Waals surface area contributed by atoms with E-state index in [1.807, 2.05) is 4.90 Å². The number of aromatic nitrogens is 2. The summed E-state index contributed by atoms with van der Waals surface area (Å²) in [5, 5.41) is 4.85. The van der Waals surface area contributed by atoms with Gasteiger partial charge in [-0.25, -0.2) is 8.42 Å². The molecule has 1 saturated heterocycles. The Labute approximate surface area is 237 Å². The lowest BCUT2D eigenvalue weighted by Crippen LogP contribution is -2.49. The quantitative estimate of drug-likeness (QED) is 0.362. The molecule has 11 nitrogen and oxygen atoms in total. The van der Waals surface area contributed by atoms with Crippen LogP contribution in [0.25, 0.3) is 5.69 Å². The van der Waals surface area contributed by atoms with Gasteiger partial charge in [-0.15, -0.1) is 0 Å². The maximum Gasteiger partial charge on any atom is 0.316 e. The van der Waals surface area contributed by atoms with E-state index in [0.717, 1.165) is 12.8 Å². The molecule has 0 radical (unpaired) electrons. The molecule has 1 saturated carbocycles. The van der Waals surface area contributed by atoms with Crippen molar-refractivity contribution in [1.82, 2.24) is 14.1 Å². The summed E-state index contributed by atoms with van der Waals surface area (Å²) in [4.78, 5) is 27.4. The van der Waals surface area contributed by atoms with Crippen LogP contribution in [0.5, 0.6) is 5.75 Å². The van der Waals surface area contributed by atoms with Gasteiger partial charge in [0.1, 0.15) is 5.69 Å². The van der Waals surface area contributed by atoms with E-state index in [-0.39, 0.29) is 41.1 Å². The van der Waals surface area contributed by atoms with Crippen molar-refractivity contribution in [2.24, 2.45) is 11.1 Å². The maximum absolute atomic E-state index is 13.6. The van der Waals surface area contributed by atoms with Gasteiger partial charge in [-0.2, -0.15) is 14.1 Å². The van der Waals surface area contributed by atoms with E-state index in [1.165, 1.54) is 21.1 Å². The molecule has 1 aromatic heterocycles. The number of nitrogens with two attached hydrogens (primary N) is 2. The largest absolute Gasteiger partial charge is 0.486 e. The molecule has 4 N–H and O–H groups in total. The zero-order chi connectivity index (χ0) is 28.7. The molecule has 2 aromatic carbocycles. The molecule has 40 heavy (non-hydrogen) atoms. The standard InChI is InChI=1S/C27H31ClN6O5S/c1-27(8-9-27)17-39-24-22(15-31-34(26(24)36)20-6-3-5-19(28)14-20)32-10-12-33(13-11-32)40(37,38)16-18-4-2-7-21(29)23(18)25(30)35/h2-7,14-15H,8-13,16-17,29H2,1H3,(H2,30,35). The molecule has 0 unspecified atom stereocenters. The third kappa shape index (κ3) is 5.79. The number of carbonyl (C=O) groups excluding carboxylic acids is 1. The summed E-state index contributed by atoms with van der Waals surface area (Å²) < 4.78 is 35.3. The Kier molecular flexibility index (Phi) is 7.51. The normalized spacial score (nSPS) is 17.0. The third-order valence-electron chi connectivity index (χ3n) is 7.38. The summed E-state index contributed by atoms with van der Waals surface area (Å²) in [5.41, 5.74) is 12.4. The molecule has 1 aliphatic carbocycles. The van der Waals surface area contributed by atoms with Gasteiger partial charge in [0.25, 0.3) is 5.91 Å². The number of ether oxygens (including phenoxy) is 1. The number of hydrogen-bond donors (Lipinski definition) is 2. The minimum atomic E-state index is -3.78. The first-order chi connectivity index (χ1) is 19.0. The predicted octanol–water partition coefficient (Wildman–Crippen LogP) is 2.40. The minimum absolute atomic E-state index is 0.0159. The highest BCUT2D eigenvalue weighted by molar-refractivity contribution is 7.88. The highest BCUT2D eigenvalue weighted by Crippen LogP contribution is 2.45. The molecule has 0 bridgehead atoms. The Morgan fingerprint density at radius 1 is 1.12 bits per heavy atom. The van der Waals surface area contributed by atoms with Crippen molar-refractivity contribution in [1.29, 1.82) is 0 Å². The van der Waals surface area contributed by atoms with E-state index < -0.39 is 27.2 Å². The fourth-order valence-corrected chi connectivity index (χ4v) is 6.44. The van der Waals surface area contributed by atoms with Gasteiger partial charge in [-0.05, 0) is 42.7 Å². The number of hydrogen-bond acceptors (Lipinski definition) is 8. The first-order valence-corrected chi connectivity index (χ1v) is 14.9. The number of amides is 1. The van der Waals surface area contributed by atoms with E-state index in [9.17, 15) is 18.0 Å². The first kappa shape index (κ1) is 27.9. The van der Waals surface area contributed by atoms with Crippen LogP contribution in [-0.2, 0) is 15.8 Å². The number of primary amides is 1. The average molecular weight is 587 g/mol. The van der Waals surface area contributed by atoms with Gasteiger partial charge in [0.15, 0.2) is 0 Å². The van der Waals surface area contributed by atoms with E-state index in [4.69, 9.17) is 27.8 Å². The SMILES string of the molecule is CC1(COc2c(N3CCN(S(=O)(=O)Cc4cccc(N)c4C(N)=O)CC3)cnn(-c3cccc(Cl)c3)c2=O)CC1. The molecule has 212 valence electrons. The lowest BCUT2D eigenvalue weighted by atomic mass is 10.1. The van der Waals surface area contributed by atoms with Crippen LogP contribution in [0.4, 0.5) is 11.4 Å². The predicted molar refractivity (Wildman–Crippen MR) is 153 cm³/mol. The molecule has 2 aliphatic rings. The van der Waals surface area contributed by atoms with Crippen molar-refractivity contribution < 1.29 is 17.9 Å². The molecule has 13 heteroatoms. The van der Waals surface area contributed by atoms with Crippen molar-refractivity contribution >= 4 is 38.9 Å². The van der Waals surface area contributed by atoms with Crippen molar-refractivity contribution in [2.75, 3.05) is 43.4 Å². The molecule has 1 aliphatic heterocycles. The van der Waals surface area contributed by atoms with Gasteiger partial charge in [-0.3, -0.25) is 9.59 Å². The summed E-state index contributed by atoms with van der Waals surface area (Å²) in [6.45, 7) is 3.47. The summed E-state index contributed by atoms with van der Waals surface area (Å²) in [6.07, 6.45) is 3.62. The number of nitrogen functional groups attached to an aromatic ring is 1. The average Bonchev–Trinajstić information content (AvgIpc) is 3.64. The number of carbonyl (C=O) groups is 1. The van der Waals surface area contributed by atoms with Crippen LogP contribution in [0.15, 0.2) is 53.5 Å². The molecule has 1 amide bonds. The van der Waals surface area contributed by atoms with E-state index in [1.54, 1.807) is 36.5 Å². The molecule has 3 aromatic rings. The second kappa shape index (κ2) is 10.8. The summed E-state index contributed by atoms with van der Waals surface area (Å²) in [5.74, 6) is -1.01. The number of anilines is 2. The van der Waals surface area contributed by atoms with Crippen molar-refractivity contribution in [2.45, 2.75) is 25.5 Å². The van der Waals surface area contributed by atoms with Gasteiger partial charge in [-0.1, -0.05) is 36.7 Å². The van der Waals surface area contributed by atoms with Crippen LogP contribution in [-0.4, -0.2) is 61.2 Å². The summed E-state index contributed by atoms with van der Waals surface area (Å²) >= 11 is 6.14.